The highest BCUT2D eigenvalue weighted by atomic mass is 35.5. The van der Waals surface area contributed by atoms with E-state index in [1.54, 1.807) is 31.2 Å². The molecule has 0 bridgehead atoms. The molecule has 2 heterocycles. The molecule has 0 saturated carbocycles. The molecule has 1 N–H and O–H groups in total. The third-order valence-electron chi connectivity index (χ3n) is 3.31. The van der Waals surface area contributed by atoms with Crippen LogP contribution in [0.4, 0.5) is 0 Å². The number of nitrogens with zero attached hydrogens (tertiary/aromatic N) is 3. The third-order valence-corrected chi connectivity index (χ3v) is 3.63. The quantitative estimate of drug-likeness (QED) is 0.780. The van der Waals surface area contributed by atoms with E-state index in [-0.39, 0.29) is 12.5 Å². The van der Waals surface area contributed by atoms with Gasteiger partial charge in [-0.05, 0) is 31.2 Å². The van der Waals surface area contributed by atoms with Gasteiger partial charge in [0.1, 0.15) is 5.75 Å². The summed E-state index contributed by atoms with van der Waals surface area (Å²) in [5.41, 5.74) is 0.733. The highest BCUT2D eigenvalue weighted by Gasteiger charge is 2.16. The zero-order valence-electron chi connectivity index (χ0n) is 12.4. The van der Waals surface area contributed by atoms with Crippen molar-refractivity contribution in [2.24, 2.45) is 0 Å². The van der Waals surface area contributed by atoms with E-state index in [2.05, 4.69) is 15.5 Å². The van der Waals surface area contributed by atoms with Crippen molar-refractivity contribution in [1.82, 2.24) is 19.9 Å². The lowest BCUT2D eigenvalue weighted by Crippen LogP contribution is -2.36. The molecule has 6 nitrogen and oxygen atoms in total. The number of para-hydroxylation sites is 1. The number of rotatable bonds is 5. The fourth-order valence-electron chi connectivity index (χ4n) is 2.11. The first-order chi connectivity index (χ1) is 11.1. The van der Waals surface area contributed by atoms with Crippen LogP contribution >= 0.6 is 11.6 Å². The molecule has 1 unspecified atom stereocenters. The summed E-state index contributed by atoms with van der Waals surface area (Å²) >= 11 is 6.02. The molecular weight excluding hydrogens is 316 g/mol. The largest absolute Gasteiger partial charge is 0.479 e. The topological polar surface area (TPSA) is 68.5 Å². The van der Waals surface area contributed by atoms with Crippen molar-refractivity contribution in [2.45, 2.75) is 19.6 Å². The van der Waals surface area contributed by atoms with Crippen molar-refractivity contribution in [2.75, 3.05) is 0 Å². The van der Waals surface area contributed by atoms with Crippen molar-refractivity contribution < 1.29 is 9.53 Å². The Labute approximate surface area is 138 Å². The number of nitrogens with one attached hydrogen (secondary N) is 1. The van der Waals surface area contributed by atoms with Crippen LogP contribution in [0.25, 0.3) is 5.65 Å². The van der Waals surface area contributed by atoms with Crippen LogP contribution in [0.15, 0.2) is 48.7 Å². The first-order valence-electron chi connectivity index (χ1n) is 7.12. The van der Waals surface area contributed by atoms with Crippen molar-refractivity contribution in [3.63, 3.8) is 0 Å². The molecule has 0 saturated heterocycles. The average Bonchev–Trinajstić information content (AvgIpc) is 2.98. The smallest absolute Gasteiger partial charge is 0.261 e. The normalized spacial score (nSPS) is 12.1. The Morgan fingerprint density at radius 3 is 2.87 bits per heavy atom. The van der Waals surface area contributed by atoms with E-state index >= 15 is 0 Å². The molecule has 0 radical (unpaired) electrons. The maximum atomic E-state index is 12.2. The van der Waals surface area contributed by atoms with Crippen LogP contribution < -0.4 is 10.1 Å². The van der Waals surface area contributed by atoms with Crippen LogP contribution in [0, 0.1) is 0 Å². The van der Waals surface area contributed by atoms with Gasteiger partial charge in [0, 0.05) is 6.20 Å². The minimum atomic E-state index is -0.672. The van der Waals surface area contributed by atoms with Crippen LogP contribution in [-0.2, 0) is 11.3 Å². The predicted molar refractivity (Wildman–Crippen MR) is 86.4 cm³/mol. The summed E-state index contributed by atoms with van der Waals surface area (Å²) in [5.74, 6) is 0.876. The molecule has 1 amide bonds. The van der Waals surface area contributed by atoms with Crippen LogP contribution in [0.2, 0.25) is 5.02 Å². The van der Waals surface area contributed by atoms with E-state index in [0.29, 0.717) is 16.6 Å². The van der Waals surface area contributed by atoms with Gasteiger partial charge in [-0.3, -0.25) is 9.20 Å². The Morgan fingerprint density at radius 1 is 1.26 bits per heavy atom. The van der Waals surface area contributed by atoms with Crippen molar-refractivity contribution >= 4 is 23.2 Å². The van der Waals surface area contributed by atoms with Crippen molar-refractivity contribution in [1.29, 1.82) is 0 Å². The summed E-state index contributed by atoms with van der Waals surface area (Å²) < 4.78 is 7.40. The van der Waals surface area contributed by atoms with Gasteiger partial charge in [-0.2, -0.15) is 0 Å². The third kappa shape index (κ3) is 3.43. The zero-order chi connectivity index (χ0) is 16.2. The van der Waals surface area contributed by atoms with Crippen LogP contribution in [0.1, 0.15) is 12.7 Å². The van der Waals surface area contributed by atoms with Gasteiger partial charge >= 0.3 is 0 Å². The van der Waals surface area contributed by atoms with Crippen LogP contribution in [0.3, 0.4) is 0 Å². The molecule has 0 aliphatic carbocycles. The standard InChI is InChI=1S/C16H15ClN4O2/c1-11(23-13-7-3-2-6-12(13)17)16(22)18-10-15-20-19-14-8-4-5-9-21(14)15/h2-9,11H,10H2,1H3,(H,18,22). The molecule has 2 aromatic heterocycles. The number of pyridine rings is 1. The molecule has 0 fully saturated rings. The van der Waals surface area contributed by atoms with Gasteiger partial charge in [0.25, 0.3) is 5.91 Å². The molecule has 1 aromatic carbocycles. The van der Waals surface area contributed by atoms with E-state index in [9.17, 15) is 4.79 Å². The number of amides is 1. The maximum Gasteiger partial charge on any atom is 0.261 e. The minimum Gasteiger partial charge on any atom is -0.479 e. The van der Waals surface area contributed by atoms with Gasteiger partial charge in [-0.1, -0.05) is 29.8 Å². The monoisotopic (exact) mass is 330 g/mol. The van der Waals surface area contributed by atoms with E-state index < -0.39 is 6.10 Å². The number of carbonyl (C=O) groups excluding carboxylic acids is 1. The van der Waals surface area contributed by atoms with E-state index in [4.69, 9.17) is 16.3 Å². The van der Waals surface area contributed by atoms with Crippen LogP contribution in [0.5, 0.6) is 5.75 Å². The van der Waals surface area contributed by atoms with Crippen LogP contribution in [-0.4, -0.2) is 26.6 Å². The fraction of sp³-hybridized carbons (Fsp3) is 0.188. The second-order valence-electron chi connectivity index (χ2n) is 4.95. The molecule has 3 aromatic rings. The Hall–Kier alpha value is -2.60. The summed E-state index contributed by atoms with van der Waals surface area (Å²) in [6.45, 7) is 1.93. The number of hydrogen-bond acceptors (Lipinski definition) is 4. The number of fused-ring (bicyclic) bond motifs is 1. The SMILES string of the molecule is CC(Oc1ccccc1Cl)C(=O)NCc1nnc2ccccn12. The Kier molecular flexibility index (Phi) is 4.43. The summed E-state index contributed by atoms with van der Waals surface area (Å²) in [5, 5.41) is 11.3. The lowest BCUT2D eigenvalue weighted by molar-refractivity contribution is -0.127. The minimum absolute atomic E-state index is 0.252. The lowest BCUT2D eigenvalue weighted by atomic mass is 10.3. The molecule has 118 valence electrons. The molecule has 3 rings (SSSR count). The van der Waals surface area contributed by atoms with Gasteiger partial charge in [0.05, 0.1) is 11.6 Å². The number of hydrogen-bond donors (Lipinski definition) is 1. The summed E-state index contributed by atoms with van der Waals surface area (Å²) in [6.07, 6.45) is 1.18. The van der Waals surface area contributed by atoms with Gasteiger partial charge in [-0.15, -0.1) is 10.2 Å². The molecular formula is C16H15ClN4O2. The number of aromatic nitrogens is 3. The second kappa shape index (κ2) is 6.66. The van der Waals surface area contributed by atoms with Crippen molar-refractivity contribution in [3.05, 3.63) is 59.5 Å². The fourth-order valence-corrected chi connectivity index (χ4v) is 2.29. The van der Waals surface area contributed by atoms with Gasteiger partial charge in [-0.25, -0.2) is 0 Å². The molecule has 0 spiro atoms. The van der Waals surface area contributed by atoms with Gasteiger partial charge in [0.2, 0.25) is 0 Å². The number of carbonyl (C=O) groups is 1. The Bertz CT molecular complexity index is 834. The lowest BCUT2D eigenvalue weighted by Gasteiger charge is -2.15. The van der Waals surface area contributed by atoms with Gasteiger partial charge < -0.3 is 10.1 Å². The highest BCUT2D eigenvalue weighted by molar-refractivity contribution is 6.32. The van der Waals surface area contributed by atoms with E-state index in [1.165, 1.54) is 0 Å². The summed E-state index contributed by atoms with van der Waals surface area (Å²) in [7, 11) is 0. The molecule has 0 aliphatic heterocycles. The second-order valence-corrected chi connectivity index (χ2v) is 5.36. The van der Waals surface area contributed by atoms with E-state index in [1.807, 2.05) is 28.8 Å². The maximum absolute atomic E-state index is 12.2. The molecule has 7 heteroatoms. The number of benzene rings is 1. The molecule has 0 aliphatic rings. The number of ether oxygens (including phenoxy) is 1. The van der Waals surface area contributed by atoms with Gasteiger partial charge in [0.15, 0.2) is 17.6 Å². The average molecular weight is 331 g/mol. The van der Waals surface area contributed by atoms with Crippen molar-refractivity contribution in [3.8, 4) is 5.75 Å². The highest BCUT2D eigenvalue weighted by Crippen LogP contribution is 2.24. The first-order valence-corrected chi connectivity index (χ1v) is 7.50. The number of halogens is 1. The molecule has 23 heavy (non-hydrogen) atoms. The zero-order valence-corrected chi connectivity index (χ0v) is 13.2. The summed E-state index contributed by atoms with van der Waals surface area (Å²) in [4.78, 5) is 12.2. The first kappa shape index (κ1) is 15.3. The van der Waals surface area contributed by atoms with E-state index in [0.717, 1.165) is 5.65 Å². The summed E-state index contributed by atoms with van der Waals surface area (Å²) in [6, 6.07) is 12.6. The predicted octanol–water partition coefficient (Wildman–Crippen LogP) is 2.47. The Balaban J connectivity index is 1.62. The Morgan fingerprint density at radius 2 is 2.04 bits per heavy atom. The molecule has 1 atom stereocenters.